The molecular formula is C15H24ClNO2. The van der Waals surface area contributed by atoms with Crippen molar-refractivity contribution in [2.24, 2.45) is 5.92 Å². The van der Waals surface area contributed by atoms with Crippen LogP contribution in [0.1, 0.15) is 30.7 Å². The summed E-state index contributed by atoms with van der Waals surface area (Å²) in [4.78, 5) is 0. The van der Waals surface area contributed by atoms with Crippen LogP contribution in [0.2, 0.25) is 0 Å². The molecule has 1 aromatic rings. The van der Waals surface area contributed by atoms with Crippen LogP contribution < -0.4 is 14.8 Å². The maximum atomic E-state index is 5.39. The van der Waals surface area contributed by atoms with Crippen LogP contribution in [0, 0.1) is 5.92 Å². The van der Waals surface area contributed by atoms with Gasteiger partial charge >= 0.3 is 0 Å². The molecule has 3 nitrogen and oxygen atoms in total. The van der Waals surface area contributed by atoms with Gasteiger partial charge in [-0.15, -0.1) is 12.4 Å². The molecule has 0 aromatic heterocycles. The second-order valence-electron chi connectivity index (χ2n) is 4.97. The summed E-state index contributed by atoms with van der Waals surface area (Å²) in [6, 6.07) is 6.30. The second-order valence-corrected chi connectivity index (χ2v) is 4.97. The SMILES string of the molecule is CNCC(c1ccc(OC)c(OC)c1)C1CCC1.Cl. The Morgan fingerprint density at radius 3 is 2.37 bits per heavy atom. The van der Waals surface area contributed by atoms with Crippen LogP contribution >= 0.6 is 12.4 Å². The first-order valence-corrected chi connectivity index (χ1v) is 6.66. The molecule has 1 atom stereocenters. The first-order chi connectivity index (χ1) is 8.80. The molecule has 1 saturated carbocycles. The number of hydrogen-bond donors (Lipinski definition) is 1. The Bertz CT molecular complexity index is 394. The van der Waals surface area contributed by atoms with Crippen molar-refractivity contribution in [2.45, 2.75) is 25.2 Å². The Hall–Kier alpha value is -0.930. The fraction of sp³-hybridized carbons (Fsp3) is 0.600. The van der Waals surface area contributed by atoms with E-state index in [1.54, 1.807) is 14.2 Å². The Labute approximate surface area is 122 Å². The Balaban J connectivity index is 0.00000180. The molecule has 2 rings (SSSR count). The lowest BCUT2D eigenvalue weighted by atomic mass is 9.73. The summed E-state index contributed by atoms with van der Waals surface area (Å²) in [5.74, 6) is 3.03. The van der Waals surface area contributed by atoms with Gasteiger partial charge in [-0.1, -0.05) is 12.5 Å². The molecule has 0 bridgehead atoms. The van der Waals surface area contributed by atoms with Crippen molar-refractivity contribution in [3.8, 4) is 11.5 Å². The molecule has 19 heavy (non-hydrogen) atoms. The summed E-state index contributed by atoms with van der Waals surface area (Å²) in [6.07, 6.45) is 4.07. The molecule has 1 aliphatic rings. The number of nitrogens with one attached hydrogen (secondary N) is 1. The lowest BCUT2D eigenvalue weighted by Crippen LogP contribution is -2.28. The smallest absolute Gasteiger partial charge is 0.160 e. The molecule has 0 amide bonds. The van der Waals surface area contributed by atoms with Gasteiger partial charge in [-0.3, -0.25) is 0 Å². The van der Waals surface area contributed by atoms with Gasteiger partial charge in [0.25, 0.3) is 0 Å². The third-order valence-electron chi connectivity index (χ3n) is 3.98. The highest BCUT2D eigenvalue weighted by Gasteiger charge is 2.28. The van der Waals surface area contributed by atoms with Crippen LogP contribution in [0.3, 0.4) is 0 Å². The molecule has 108 valence electrons. The van der Waals surface area contributed by atoms with E-state index in [2.05, 4.69) is 17.4 Å². The number of likely N-dealkylation sites (N-methyl/N-ethyl adjacent to an activating group) is 1. The number of rotatable bonds is 6. The van der Waals surface area contributed by atoms with E-state index in [0.29, 0.717) is 5.92 Å². The first kappa shape index (κ1) is 16.1. The zero-order valence-corrected chi connectivity index (χ0v) is 12.8. The highest BCUT2D eigenvalue weighted by atomic mass is 35.5. The van der Waals surface area contributed by atoms with Crippen molar-refractivity contribution in [1.29, 1.82) is 0 Å². The molecule has 1 aliphatic carbocycles. The van der Waals surface area contributed by atoms with Crippen molar-refractivity contribution in [2.75, 3.05) is 27.8 Å². The second kappa shape index (κ2) is 7.61. The van der Waals surface area contributed by atoms with Gasteiger partial charge in [0.2, 0.25) is 0 Å². The van der Waals surface area contributed by atoms with E-state index >= 15 is 0 Å². The fourth-order valence-electron chi connectivity index (χ4n) is 2.70. The maximum absolute atomic E-state index is 5.39. The van der Waals surface area contributed by atoms with Crippen molar-refractivity contribution < 1.29 is 9.47 Å². The van der Waals surface area contributed by atoms with Crippen molar-refractivity contribution in [3.05, 3.63) is 23.8 Å². The standard InChI is InChI=1S/C15H23NO2.ClH/c1-16-10-13(11-5-4-6-11)12-7-8-14(17-2)15(9-12)18-3;/h7-9,11,13,16H,4-6,10H2,1-3H3;1H. The minimum atomic E-state index is 0. The quantitative estimate of drug-likeness (QED) is 0.870. The average molecular weight is 286 g/mol. The summed E-state index contributed by atoms with van der Waals surface area (Å²) in [6.45, 7) is 1.03. The van der Waals surface area contributed by atoms with E-state index in [9.17, 15) is 0 Å². The average Bonchev–Trinajstić information content (AvgIpc) is 2.35. The van der Waals surface area contributed by atoms with Crippen LogP contribution in [0.25, 0.3) is 0 Å². The highest BCUT2D eigenvalue weighted by Crippen LogP contribution is 2.41. The molecule has 1 N–H and O–H groups in total. The molecule has 0 aliphatic heterocycles. The third-order valence-corrected chi connectivity index (χ3v) is 3.98. The summed E-state index contributed by atoms with van der Waals surface area (Å²) in [5.41, 5.74) is 1.35. The summed E-state index contributed by atoms with van der Waals surface area (Å²) < 4.78 is 10.7. The lowest BCUT2D eigenvalue weighted by Gasteiger charge is -2.34. The molecule has 1 unspecified atom stereocenters. The Morgan fingerprint density at radius 2 is 1.89 bits per heavy atom. The van der Waals surface area contributed by atoms with Gasteiger partial charge in [-0.25, -0.2) is 0 Å². The number of halogens is 1. The number of ether oxygens (including phenoxy) is 2. The predicted octanol–water partition coefficient (Wildman–Crippen LogP) is 3.23. The van der Waals surface area contributed by atoms with E-state index in [4.69, 9.17) is 9.47 Å². The third kappa shape index (κ3) is 3.54. The van der Waals surface area contributed by atoms with E-state index in [1.807, 2.05) is 13.1 Å². The normalized spacial score (nSPS) is 16.2. The molecule has 0 heterocycles. The summed E-state index contributed by atoms with van der Waals surface area (Å²) in [7, 11) is 5.39. The zero-order valence-electron chi connectivity index (χ0n) is 11.9. The van der Waals surface area contributed by atoms with Crippen LogP contribution in [-0.4, -0.2) is 27.8 Å². The van der Waals surface area contributed by atoms with Crippen LogP contribution in [0.4, 0.5) is 0 Å². The number of hydrogen-bond acceptors (Lipinski definition) is 3. The van der Waals surface area contributed by atoms with E-state index in [1.165, 1.54) is 24.8 Å². The van der Waals surface area contributed by atoms with Crippen molar-refractivity contribution >= 4 is 12.4 Å². The van der Waals surface area contributed by atoms with E-state index in [-0.39, 0.29) is 12.4 Å². The molecule has 1 fully saturated rings. The topological polar surface area (TPSA) is 30.5 Å². The monoisotopic (exact) mass is 285 g/mol. The van der Waals surface area contributed by atoms with Gasteiger partial charge in [-0.2, -0.15) is 0 Å². The van der Waals surface area contributed by atoms with Gasteiger partial charge in [0.1, 0.15) is 0 Å². The molecule has 0 spiro atoms. The van der Waals surface area contributed by atoms with Crippen molar-refractivity contribution in [1.82, 2.24) is 5.32 Å². The molecule has 0 saturated heterocycles. The lowest BCUT2D eigenvalue weighted by molar-refractivity contribution is 0.257. The van der Waals surface area contributed by atoms with Gasteiger partial charge < -0.3 is 14.8 Å². The van der Waals surface area contributed by atoms with Gasteiger partial charge in [-0.05, 0) is 49.4 Å². The predicted molar refractivity (Wildman–Crippen MR) is 80.8 cm³/mol. The number of benzene rings is 1. The summed E-state index contributed by atoms with van der Waals surface area (Å²) >= 11 is 0. The highest BCUT2D eigenvalue weighted by molar-refractivity contribution is 5.85. The molecule has 4 heteroatoms. The van der Waals surface area contributed by atoms with Crippen LogP contribution in [-0.2, 0) is 0 Å². The Morgan fingerprint density at radius 1 is 1.21 bits per heavy atom. The fourth-order valence-corrected chi connectivity index (χ4v) is 2.70. The molecular weight excluding hydrogens is 262 g/mol. The zero-order chi connectivity index (χ0) is 13.0. The summed E-state index contributed by atoms with van der Waals surface area (Å²) in [5, 5.41) is 3.31. The van der Waals surface area contributed by atoms with Crippen molar-refractivity contribution in [3.63, 3.8) is 0 Å². The first-order valence-electron chi connectivity index (χ1n) is 6.66. The maximum Gasteiger partial charge on any atom is 0.160 e. The molecule has 1 aromatic carbocycles. The minimum Gasteiger partial charge on any atom is -0.493 e. The van der Waals surface area contributed by atoms with E-state index < -0.39 is 0 Å². The minimum absolute atomic E-state index is 0. The van der Waals surface area contributed by atoms with Gasteiger partial charge in [0, 0.05) is 6.54 Å². The largest absolute Gasteiger partial charge is 0.493 e. The Kier molecular flexibility index (Phi) is 6.46. The number of methoxy groups -OCH3 is 2. The van der Waals surface area contributed by atoms with Crippen LogP contribution in [0.5, 0.6) is 11.5 Å². The van der Waals surface area contributed by atoms with Gasteiger partial charge in [0.05, 0.1) is 14.2 Å². The van der Waals surface area contributed by atoms with Gasteiger partial charge in [0.15, 0.2) is 11.5 Å². The van der Waals surface area contributed by atoms with E-state index in [0.717, 1.165) is 24.0 Å². The molecule has 0 radical (unpaired) electrons. The van der Waals surface area contributed by atoms with Crippen LogP contribution in [0.15, 0.2) is 18.2 Å².